The third-order valence-corrected chi connectivity index (χ3v) is 3.75. The molecule has 0 bridgehead atoms. The highest BCUT2D eigenvalue weighted by Gasteiger charge is 2.13. The fraction of sp³-hybridized carbons (Fsp3) is 0.214. The second kappa shape index (κ2) is 5.79. The summed E-state index contributed by atoms with van der Waals surface area (Å²) < 4.78 is 2.41. The van der Waals surface area contributed by atoms with Crippen molar-refractivity contribution in [2.24, 2.45) is 7.05 Å². The van der Waals surface area contributed by atoms with Gasteiger partial charge >= 0.3 is 0 Å². The number of anilines is 2. The van der Waals surface area contributed by atoms with E-state index in [2.05, 4.69) is 36.3 Å². The topological polar surface area (TPSA) is 75.9 Å². The van der Waals surface area contributed by atoms with Crippen molar-refractivity contribution in [2.75, 3.05) is 11.9 Å². The van der Waals surface area contributed by atoms with Crippen molar-refractivity contribution in [3.05, 3.63) is 40.8 Å². The molecular formula is C14H14BrN5O. The van der Waals surface area contributed by atoms with Gasteiger partial charge in [-0.05, 0) is 40.0 Å². The molecule has 0 fully saturated rings. The normalized spacial score (nSPS) is 11.0. The molecule has 2 N–H and O–H groups in total. The van der Waals surface area contributed by atoms with E-state index in [0.717, 1.165) is 22.3 Å². The number of aliphatic hydroxyl groups excluding tert-OH is 1. The molecule has 0 amide bonds. The van der Waals surface area contributed by atoms with Crippen molar-refractivity contribution in [2.45, 2.75) is 6.42 Å². The van der Waals surface area contributed by atoms with Crippen molar-refractivity contribution >= 4 is 38.5 Å². The minimum atomic E-state index is 0.155. The summed E-state index contributed by atoms with van der Waals surface area (Å²) in [6.45, 7) is 0.155. The molecule has 3 aromatic rings. The van der Waals surface area contributed by atoms with Gasteiger partial charge in [0, 0.05) is 19.3 Å². The van der Waals surface area contributed by atoms with Gasteiger partial charge in [-0.25, -0.2) is 14.6 Å². The Hall–Kier alpha value is -1.99. The van der Waals surface area contributed by atoms with Crippen LogP contribution >= 0.6 is 15.9 Å². The van der Waals surface area contributed by atoms with Crippen LogP contribution in [0.5, 0.6) is 0 Å². The molecule has 1 aromatic carbocycles. The first-order chi connectivity index (χ1) is 10.2. The molecule has 6 nitrogen and oxygen atoms in total. The molecule has 0 aliphatic carbocycles. The van der Waals surface area contributed by atoms with Gasteiger partial charge in [0.1, 0.15) is 16.7 Å². The molecule has 2 heterocycles. The second-order valence-electron chi connectivity index (χ2n) is 4.63. The highest BCUT2D eigenvalue weighted by Crippen LogP contribution is 2.28. The van der Waals surface area contributed by atoms with Gasteiger partial charge < -0.3 is 10.4 Å². The summed E-state index contributed by atoms with van der Waals surface area (Å²) >= 11 is 3.43. The zero-order valence-corrected chi connectivity index (χ0v) is 13.0. The fourth-order valence-corrected chi connectivity index (χ4v) is 2.76. The van der Waals surface area contributed by atoms with Gasteiger partial charge in [-0.1, -0.05) is 12.1 Å². The Kier molecular flexibility index (Phi) is 3.85. The quantitative estimate of drug-likeness (QED) is 0.757. The predicted molar refractivity (Wildman–Crippen MR) is 84.5 cm³/mol. The monoisotopic (exact) mass is 347 g/mol. The van der Waals surface area contributed by atoms with Gasteiger partial charge in [0.05, 0.1) is 5.39 Å². The number of nitrogens with one attached hydrogen (secondary N) is 1. The van der Waals surface area contributed by atoms with Gasteiger partial charge in [0.15, 0.2) is 5.65 Å². The van der Waals surface area contributed by atoms with Crippen LogP contribution in [0.1, 0.15) is 5.56 Å². The molecule has 0 radical (unpaired) electrons. The summed E-state index contributed by atoms with van der Waals surface area (Å²) in [5.41, 5.74) is 2.78. The van der Waals surface area contributed by atoms with Crippen LogP contribution in [0.3, 0.4) is 0 Å². The van der Waals surface area contributed by atoms with E-state index >= 15 is 0 Å². The minimum absolute atomic E-state index is 0.155. The molecule has 3 rings (SSSR count). The van der Waals surface area contributed by atoms with E-state index in [1.165, 1.54) is 6.33 Å². The van der Waals surface area contributed by atoms with Crippen LogP contribution in [0.15, 0.2) is 35.2 Å². The summed E-state index contributed by atoms with van der Waals surface area (Å²) in [6, 6.07) is 7.89. The summed E-state index contributed by atoms with van der Waals surface area (Å²) in [4.78, 5) is 8.52. The van der Waals surface area contributed by atoms with Crippen LogP contribution in [-0.2, 0) is 13.5 Å². The average Bonchev–Trinajstić information content (AvgIpc) is 2.78. The Morgan fingerprint density at radius 3 is 2.71 bits per heavy atom. The van der Waals surface area contributed by atoms with E-state index in [0.29, 0.717) is 16.8 Å². The van der Waals surface area contributed by atoms with Crippen molar-refractivity contribution < 1.29 is 5.11 Å². The van der Waals surface area contributed by atoms with Gasteiger partial charge in [-0.15, -0.1) is 0 Å². The Morgan fingerprint density at radius 1 is 1.24 bits per heavy atom. The summed E-state index contributed by atoms with van der Waals surface area (Å²) in [7, 11) is 1.84. The lowest BCUT2D eigenvalue weighted by Crippen LogP contribution is -1.97. The first-order valence-electron chi connectivity index (χ1n) is 6.49. The number of hydrogen-bond acceptors (Lipinski definition) is 5. The first kappa shape index (κ1) is 14.0. The van der Waals surface area contributed by atoms with Gasteiger partial charge in [-0.3, -0.25) is 0 Å². The maximum absolute atomic E-state index is 8.93. The Balaban J connectivity index is 1.94. The third-order valence-electron chi connectivity index (χ3n) is 3.20. The second-order valence-corrected chi connectivity index (χ2v) is 5.38. The lowest BCUT2D eigenvalue weighted by molar-refractivity contribution is 0.299. The van der Waals surface area contributed by atoms with Crippen molar-refractivity contribution in [1.29, 1.82) is 0 Å². The molecule has 0 saturated carbocycles. The maximum atomic E-state index is 8.93. The number of halogens is 1. The number of aryl methyl sites for hydroxylation is 1. The van der Waals surface area contributed by atoms with Crippen LogP contribution in [0.4, 0.5) is 11.5 Å². The smallest absolute Gasteiger partial charge is 0.164 e. The number of nitrogens with zero attached hydrogens (tertiary/aromatic N) is 4. The molecule has 0 atom stereocenters. The van der Waals surface area contributed by atoms with E-state index in [1.807, 2.05) is 31.3 Å². The van der Waals surface area contributed by atoms with Gasteiger partial charge in [-0.2, -0.15) is 5.10 Å². The van der Waals surface area contributed by atoms with Gasteiger partial charge in [0.2, 0.25) is 0 Å². The lowest BCUT2D eigenvalue weighted by Gasteiger charge is -2.07. The van der Waals surface area contributed by atoms with Crippen LogP contribution in [0.25, 0.3) is 11.0 Å². The van der Waals surface area contributed by atoms with E-state index in [4.69, 9.17) is 5.11 Å². The van der Waals surface area contributed by atoms with Crippen LogP contribution < -0.4 is 5.32 Å². The molecule has 0 aliphatic heterocycles. The molecule has 0 unspecified atom stereocenters. The Morgan fingerprint density at radius 2 is 2.00 bits per heavy atom. The molecule has 108 valence electrons. The van der Waals surface area contributed by atoms with E-state index in [9.17, 15) is 0 Å². The fourth-order valence-electron chi connectivity index (χ4n) is 2.16. The molecular weight excluding hydrogens is 334 g/mol. The zero-order chi connectivity index (χ0) is 14.8. The number of fused-ring (bicyclic) bond motifs is 1. The van der Waals surface area contributed by atoms with E-state index in [1.54, 1.807) is 4.68 Å². The number of aliphatic hydroxyl groups is 1. The standard InChI is InChI=1S/C14H14BrN5O/c1-20-14-11(12(15)19-20)13(16-8-17-14)18-10-4-2-9(3-5-10)6-7-21/h2-5,8,21H,6-7H2,1H3,(H,16,17,18). The SMILES string of the molecule is Cn1nc(Br)c2c(Nc3ccc(CCO)cc3)ncnc21. The summed E-state index contributed by atoms with van der Waals surface area (Å²) in [5.74, 6) is 0.704. The van der Waals surface area contributed by atoms with Gasteiger partial charge in [0.25, 0.3) is 0 Å². The van der Waals surface area contributed by atoms with Crippen LogP contribution in [0.2, 0.25) is 0 Å². The van der Waals surface area contributed by atoms with Crippen molar-refractivity contribution in [3.63, 3.8) is 0 Å². The highest BCUT2D eigenvalue weighted by atomic mass is 79.9. The molecule has 2 aromatic heterocycles. The molecule has 0 spiro atoms. The number of rotatable bonds is 4. The van der Waals surface area contributed by atoms with Crippen molar-refractivity contribution in [1.82, 2.24) is 19.7 Å². The number of benzene rings is 1. The van der Waals surface area contributed by atoms with Crippen LogP contribution in [-0.4, -0.2) is 31.5 Å². The lowest BCUT2D eigenvalue weighted by atomic mass is 10.1. The van der Waals surface area contributed by atoms with Crippen molar-refractivity contribution in [3.8, 4) is 0 Å². The largest absolute Gasteiger partial charge is 0.396 e. The zero-order valence-electron chi connectivity index (χ0n) is 11.4. The molecule has 0 saturated heterocycles. The Bertz CT molecular complexity index is 769. The summed E-state index contributed by atoms with van der Waals surface area (Å²) in [6.07, 6.45) is 2.17. The molecule has 0 aliphatic rings. The van der Waals surface area contributed by atoms with E-state index < -0.39 is 0 Å². The molecule has 21 heavy (non-hydrogen) atoms. The first-order valence-corrected chi connectivity index (χ1v) is 7.28. The maximum Gasteiger partial charge on any atom is 0.164 e. The summed E-state index contributed by atoms with van der Waals surface area (Å²) in [5, 5.41) is 17.3. The third kappa shape index (κ3) is 2.74. The van der Waals surface area contributed by atoms with E-state index in [-0.39, 0.29) is 6.61 Å². The number of hydrogen-bond donors (Lipinski definition) is 2. The molecule has 7 heteroatoms. The number of aromatic nitrogens is 4. The highest BCUT2D eigenvalue weighted by molar-refractivity contribution is 9.10. The Labute approximate surface area is 130 Å². The average molecular weight is 348 g/mol. The predicted octanol–water partition coefficient (Wildman–Crippen LogP) is 2.40. The van der Waals surface area contributed by atoms with Crippen LogP contribution in [0, 0.1) is 0 Å². The minimum Gasteiger partial charge on any atom is -0.396 e.